The van der Waals surface area contributed by atoms with Crippen molar-refractivity contribution in [3.63, 3.8) is 0 Å². The third kappa shape index (κ3) is 1.62. The third-order valence-electron chi connectivity index (χ3n) is 2.80. The molecule has 0 radical (unpaired) electrons. The van der Waals surface area contributed by atoms with E-state index in [0.717, 1.165) is 25.2 Å². The molecule has 2 rings (SSSR count). The molecular formula is C10H11F2NO. The lowest BCUT2D eigenvalue weighted by Gasteiger charge is -2.12. The lowest BCUT2D eigenvalue weighted by molar-refractivity contribution is 0.209. The molecule has 0 atom stereocenters. The van der Waals surface area contributed by atoms with E-state index in [-0.39, 0.29) is 24.0 Å². The van der Waals surface area contributed by atoms with Crippen LogP contribution in [-0.2, 0) is 6.42 Å². The SMILES string of the molecule is OCC1(Cc2c(F)cncc2F)CC1. The number of rotatable bonds is 3. The maximum absolute atomic E-state index is 13.2. The van der Waals surface area contributed by atoms with Gasteiger partial charge in [-0.1, -0.05) is 0 Å². The van der Waals surface area contributed by atoms with Crippen LogP contribution in [0.4, 0.5) is 8.78 Å². The summed E-state index contributed by atoms with van der Waals surface area (Å²) in [6.45, 7) is -0.00575. The van der Waals surface area contributed by atoms with Crippen molar-refractivity contribution >= 4 is 0 Å². The van der Waals surface area contributed by atoms with Crippen LogP contribution in [0.15, 0.2) is 12.4 Å². The molecule has 14 heavy (non-hydrogen) atoms. The van der Waals surface area contributed by atoms with Crippen LogP contribution < -0.4 is 0 Å². The topological polar surface area (TPSA) is 33.1 Å². The second-order valence-electron chi connectivity index (χ2n) is 3.92. The van der Waals surface area contributed by atoms with Crippen LogP contribution in [0.3, 0.4) is 0 Å². The molecular weight excluding hydrogens is 188 g/mol. The monoisotopic (exact) mass is 199 g/mol. The van der Waals surface area contributed by atoms with Crippen molar-refractivity contribution < 1.29 is 13.9 Å². The predicted octanol–water partition coefficient (Wildman–Crippen LogP) is 1.67. The fourth-order valence-corrected chi connectivity index (χ4v) is 1.55. The average Bonchev–Trinajstić information content (AvgIpc) is 2.93. The van der Waals surface area contributed by atoms with Crippen molar-refractivity contribution in [2.24, 2.45) is 5.41 Å². The van der Waals surface area contributed by atoms with Gasteiger partial charge in [-0.05, 0) is 24.7 Å². The van der Waals surface area contributed by atoms with Crippen LogP contribution in [0.5, 0.6) is 0 Å². The van der Waals surface area contributed by atoms with E-state index in [0.29, 0.717) is 0 Å². The molecule has 1 aromatic rings. The lowest BCUT2D eigenvalue weighted by atomic mass is 9.97. The Balaban J connectivity index is 2.24. The second-order valence-corrected chi connectivity index (χ2v) is 3.92. The number of aromatic nitrogens is 1. The van der Waals surface area contributed by atoms with Crippen molar-refractivity contribution in [2.45, 2.75) is 19.3 Å². The summed E-state index contributed by atoms with van der Waals surface area (Å²) in [6.07, 6.45) is 3.96. The first kappa shape index (κ1) is 9.52. The maximum Gasteiger partial charge on any atom is 0.147 e. The number of hydrogen-bond donors (Lipinski definition) is 1. The molecule has 76 valence electrons. The molecule has 1 fully saturated rings. The van der Waals surface area contributed by atoms with E-state index in [9.17, 15) is 8.78 Å². The van der Waals surface area contributed by atoms with Crippen molar-refractivity contribution in [3.05, 3.63) is 29.6 Å². The number of aliphatic hydroxyl groups excluding tert-OH is 1. The molecule has 0 saturated heterocycles. The molecule has 4 heteroatoms. The van der Waals surface area contributed by atoms with Gasteiger partial charge in [0.15, 0.2) is 0 Å². The van der Waals surface area contributed by atoms with Gasteiger partial charge in [-0.15, -0.1) is 0 Å². The van der Waals surface area contributed by atoms with Crippen molar-refractivity contribution in [1.82, 2.24) is 4.98 Å². The van der Waals surface area contributed by atoms with Crippen LogP contribution >= 0.6 is 0 Å². The summed E-state index contributed by atoms with van der Waals surface area (Å²) in [7, 11) is 0. The zero-order valence-corrected chi connectivity index (χ0v) is 7.63. The molecule has 1 N–H and O–H groups in total. The molecule has 0 aliphatic heterocycles. The summed E-state index contributed by atoms with van der Waals surface area (Å²) in [5, 5.41) is 9.04. The maximum atomic E-state index is 13.2. The number of pyridine rings is 1. The summed E-state index contributed by atoms with van der Waals surface area (Å²) in [6, 6.07) is 0. The summed E-state index contributed by atoms with van der Waals surface area (Å²) in [5.41, 5.74) is -0.227. The predicted molar refractivity (Wildman–Crippen MR) is 46.6 cm³/mol. The van der Waals surface area contributed by atoms with Gasteiger partial charge in [-0.3, -0.25) is 4.98 Å². The van der Waals surface area contributed by atoms with Crippen LogP contribution in [0, 0.1) is 17.0 Å². The van der Waals surface area contributed by atoms with Gasteiger partial charge >= 0.3 is 0 Å². The summed E-state index contributed by atoms with van der Waals surface area (Å²) in [4.78, 5) is 3.41. The Kier molecular flexibility index (Phi) is 2.23. The highest BCUT2D eigenvalue weighted by molar-refractivity contribution is 5.19. The average molecular weight is 199 g/mol. The lowest BCUT2D eigenvalue weighted by Crippen LogP contribution is -2.13. The Morgan fingerprint density at radius 2 is 1.86 bits per heavy atom. The molecule has 1 saturated carbocycles. The largest absolute Gasteiger partial charge is 0.396 e. The molecule has 1 aliphatic carbocycles. The highest BCUT2D eigenvalue weighted by Gasteiger charge is 2.43. The molecule has 0 spiro atoms. The molecule has 0 unspecified atom stereocenters. The van der Waals surface area contributed by atoms with Gasteiger partial charge in [0.05, 0.1) is 12.4 Å². The minimum absolute atomic E-state index is 0.00575. The molecule has 2 nitrogen and oxygen atoms in total. The van der Waals surface area contributed by atoms with Gasteiger partial charge in [-0.25, -0.2) is 8.78 Å². The van der Waals surface area contributed by atoms with Crippen LogP contribution in [0.25, 0.3) is 0 Å². The van der Waals surface area contributed by atoms with E-state index >= 15 is 0 Å². The van der Waals surface area contributed by atoms with Crippen LogP contribution in [0.2, 0.25) is 0 Å². The normalized spacial score (nSPS) is 18.2. The van der Waals surface area contributed by atoms with Crippen LogP contribution in [0.1, 0.15) is 18.4 Å². The summed E-state index contributed by atoms with van der Waals surface area (Å²) >= 11 is 0. The molecule has 0 amide bonds. The van der Waals surface area contributed by atoms with Gasteiger partial charge < -0.3 is 5.11 Å². The molecule has 0 aromatic carbocycles. The van der Waals surface area contributed by atoms with Crippen molar-refractivity contribution in [1.29, 1.82) is 0 Å². The highest BCUT2D eigenvalue weighted by atomic mass is 19.1. The van der Waals surface area contributed by atoms with Crippen LogP contribution in [-0.4, -0.2) is 16.7 Å². The smallest absolute Gasteiger partial charge is 0.147 e. The molecule has 1 aromatic heterocycles. The zero-order valence-electron chi connectivity index (χ0n) is 7.63. The van der Waals surface area contributed by atoms with Crippen molar-refractivity contribution in [3.8, 4) is 0 Å². The number of halogens is 2. The quantitative estimate of drug-likeness (QED) is 0.803. The zero-order chi connectivity index (χ0) is 10.2. The Bertz CT molecular complexity index is 330. The Hall–Kier alpha value is -1.03. The van der Waals surface area contributed by atoms with E-state index in [1.54, 1.807) is 0 Å². The molecule has 1 aliphatic rings. The van der Waals surface area contributed by atoms with E-state index in [1.165, 1.54) is 0 Å². The first-order valence-corrected chi connectivity index (χ1v) is 4.56. The number of nitrogens with zero attached hydrogens (tertiary/aromatic N) is 1. The van der Waals surface area contributed by atoms with Crippen molar-refractivity contribution in [2.75, 3.05) is 6.61 Å². The van der Waals surface area contributed by atoms with E-state index in [1.807, 2.05) is 0 Å². The third-order valence-corrected chi connectivity index (χ3v) is 2.80. The van der Waals surface area contributed by atoms with E-state index in [4.69, 9.17) is 5.11 Å². The van der Waals surface area contributed by atoms with Gasteiger partial charge in [0, 0.05) is 12.2 Å². The first-order valence-electron chi connectivity index (χ1n) is 4.56. The summed E-state index contributed by atoms with van der Waals surface area (Å²) in [5.74, 6) is -1.24. The minimum atomic E-state index is -0.621. The molecule has 1 heterocycles. The minimum Gasteiger partial charge on any atom is -0.396 e. The number of hydrogen-bond acceptors (Lipinski definition) is 2. The Morgan fingerprint density at radius 3 is 2.29 bits per heavy atom. The van der Waals surface area contributed by atoms with Gasteiger partial charge in [-0.2, -0.15) is 0 Å². The first-order chi connectivity index (χ1) is 6.67. The Morgan fingerprint density at radius 1 is 1.29 bits per heavy atom. The van der Waals surface area contributed by atoms with Gasteiger partial charge in [0.25, 0.3) is 0 Å². The Labute approximate surface area is 80.6 Å². The van der Waals surface area contributed by atoms with Gasteiger partial charge in [0.1, 0.15) is 11.6 Å². The van der Waals surface area contributed by atoms with Gasteiger partial charge in [0.2, 0.25) is 0 Å². The number of aliphatic hydroxyl groups is 1. The molecule has 0 bridgehead atoms. The highest BCUT2D eigenvalue weighted by Crippen LogP contribution is 2.48. The standard InChI is InChI=1S/C10H11F2NO/c11-8-4-13-5-9(12)7(8)3-10(6-14)1-2-10/h4-5,14H,1-3,6H2. The van der Waals surface area contributed by atoms with E-state index in [2.05, 4.69) is 4.98 Å². The second kappa shape index (κ2) is 3.28. The van der Waals surface area contributed by atoms with E-state index < -0.39 is 11.6 Å². The fraction of sp³-hybridized carbons (Fsp3) is 0.500. The fourth-order valence-electron chi connectivity index (χ4n) is 1.55. The summed E-state index contributed by atoms with van der Waals surface area (Å²) < 4.78 is 26.3.